The van der Waals surface area contributed by atoms with Gasteiger partial charge in [-0.3, -0.25) is 4.79 Å². The maximum absolute atomic E-state index is 11.0. The Morgan fingerprint density at radius 1 is 1.53 bits per heavy atom. The first-order valence-electron chi connectivity index (χ1n) is 4.28. The summed E-state index contributed by atoms with van der Waals surface area (Å²) in [5, 5.41) is 1.25. The summed E-state index contributed by atoms with van der Waals surface area (Å²) in [6, 6.07) is 5.10. The van der Waals surface area contributed by atoms with Crippen LogP contribution in [0.4, 0.5) is 0 Å². The van der Waals surface area contributed by atoms with E-state index in [-0.39, 0.29) is 0 Å². The van der Waals surface area contributed by atoms with Gasteiger partial charge in [0.15, 0.2) is 0 Å². The molecular formula is C10H9ClN2O2. The van der Waals surface area contributed by atoms with Gasteiger partial charge in [-0.2, -0.15) is 0 Å². The number of amides is 1. The van der Waals surface area contributed by atoms with Crippen molar-refractivity contribution in [2.75, 3.05) is 7.11 Å². The third kappa shape index (κ3) is 1.53. The summed E-state index contributed by atoms with van der Waals surface area (Å²) < 4.78 is 5.15. The third-order valence-corrected chi connectivity index (χ3v) is 2.47. The molecule has 0 aliphatic carbocycles. The molecule has 1 heterocycles. The quantitative estimate of drug-likeness (QED) is 0.819. The molecule has 0 saturated heterocycles. The van der Waals surface area contributed by atoms with E-state index in [2.05, 4.69) is 4.98 Å². The number of hydrogen-bond acceptors (Lipinski definition) is 2. The number of aromatic amines is 1. The zero-order valence-corrected chi connectivity index (χ0v) is 8.76. The van der Waals surface area contributed by atoms with Gasteiger partial charge in [-0.15, -0.1) is 0 Å². The second-order valence-corrected chi connectivity index (χ2v) is 3.50. The molecule has 5 heteroatoms. The van der Waals surface area contributed by atoms with E-state index in [1.807, 2.05) is 0 Å². The topological polar surface area (TPSA) is 68.1 Å². The fourth-order valence-electron chi connectivity index (χ4n) is 1.49. The van der Waals surface area contributed by atoms with Gasteiger partial charge >= 0.3 is 0 Å². The number of hydrogen-bond donors (Lipinski definition) is 2. The molecule has 0 saturated carbocycles. The zero-order chi connectivity index (χ0) is 11.0. The first-order valence-corrected chi connectivity index (χ1v) is 4.66. The molecule has 0 aliphatic rings. The third-order valence-electron chi connectivity index (χ3n) is 2.18. The van der Waals surface area contributed by atoms with Crippen LogP contribution in [-0.2, 0) is 0 Å². The van der Waals surface area contributed by atoms with Crippen molar-refractivity contribution in [1.29, 1.82) is 0 Å². The molecule has 1 aromatic heterocycles. The summed E-state index contributed by atoms with van der Waals surface area (Å²) in [7, 11) is 1.53. The van der Waals surface area contributed by atoms with Crippen LogP contribution < -0.4 is 10.5 Å². The van der Waals surface area contributed by atoms with E-state index in [0.717, 1.165) is 10.9 Å². The van der Waals surface area contributed by atoms with Gasteiger partial charge < -0.3 is 15.5 Å². The van der Waals surface area contributed by atoms with Crippen molar-refractivity contribution in [3.05, 3.63) is 28.9 Å². The maximum Gasteiger partial charge on any atom is 0.265 e. The van der Waals surface area contributed by atoms with E-state index in [9.17, 15) is 4.79 Å². The summed E-state index contributed by atoms with van der Waals surface area (Å²) in [4.78, 5) is 13.9. The average Bonchev–Trinajstić information content (AvgIpc) is 2.61. The molecule has 4 nitrogen and oxygen atoms in total. The van der Waals surface area contributed by atoms with E-state index in [1.165, 1.54) is 7.11 Å². The fraction of sp³-hybridized carbons (Fsp3) is 0.100. The molecule has 0 bridgehead atoms. The molecule has 78 valence electrons. The minimum absolute atomic E-state index is 0.338. The van der Waals surface area contributed by atoms with E-state index < -0.39 is 5.91 Å². The van der Waals surface area contributed by atoms with Gasteiger partial charge in [0.2, 0.25) is 0 Å². The fourth-order valence-corrected chi connectivity index (χ4v) is 1.73. The van der Waals surface area contributed by atoms with Crippen molar-refractivity contribution in [3.63, 3.8) is 0 Å². The van der Waals surface area contributed by atoms with E-state index in [4.69, 9.17) is 22.1 Å². The van der Waals surface area contributed by atoms with Crippen molar-refractivity contribution in [2.45, 2.75) is 0 Å². The van der Waals surface area contributed by atoms with Crippen molar-refractivity contribution >= 4 is 28.4 Å². The first-order chi connectivity index (χ1) is 7.13. The molecule has 0 unspecified atom stereocenters. The summed E-state index contributed by atoms with van der Waals surface area (Å²) in [6.07, 6.45) is 0. The number of halogens is 1. The van der Waals surface area contributed by atoms with Crippen LogP contribution in [0, 0.1) is 0 Å². The molecule has 0 fully saturated rings. The van der Waals surface area contributed by atoms with Crippen LogP contribution in [0.25, 0.3) is 10.9 Å². The Kier molecular flexibility index (Phi) is 2.28. The maximum atomic E-state index is 11.0. The number of carbonyl (C=O) groups is 1. The number of H-pyrrole nitrogens is 1. The predicted octanol–water partition coefficient (Wildman–Crippen LogP) is 1.93. The molecule has 2 rings (SSSR count). The number of fused-ring (bicyclic) bond motifs is 1. The number of methoxy groups -OCH3 is 1. The highest BCUT2D eigenvalue weighted by Gasteiger charge is 2.11. The molecule has 1 amide bonds. The van der Waals surface area contributed by atoms with Crippen LogP contribution in [-0.4, -0.2) is 18.0 Å². The Balaban J connectivity index is 2.75. The largest absolute Gasteiger partial charge is 0.494 e. The van der Waals surface area contributed by atoms with Gasteiger partial charge in [-0.05, 0) is 18.2 Å². The molecule has 0 aliphatic heterocycles. The standard InChI is InChI=1S/C10H9ClN2O2/c1-15-9-5-4-8(10(12)14)13-7(5)3-2-6(9)11/h2-4,13H,1H3,(H2,12,14). The molecule has 0 spiro atoms. The number of primary amides is 1. The first kappa shape index (κ1) is 9.86. The van der Waals surface area contributed by atoms with Crippen molar-refractivity contribution in [3.8, 4) is 5.75 Å². The number of rotatable bonds is 2. The normalized spacial score (nSPS) is 10.5. The van der Waals surface area contributed by atoms with Crippen molar-refractivity contribution < 1.29 is 9.53 Å². The van der Waals surface area contributed by atoms with Crippen molar-refractivity contribution in [2.24, 2.45) is 5.73 Å². The lowest BCUT2D eigenvalue weighted by atomic mass is 10.2. The zero-order valence-electron chi connectivity index (χ0n) is 8.00. The second kappa shape index (κ2) is 3.47. The van der Waals surface area contributed by atoms with Crippen LogP contribution in [0.2, 0.25) is 5.02 Å². The monoisotopic (exact) mass is 224 g/mol. The number of ether oxygens (including phenoxy) is 1. The predicted molar refractivity (Wildman–Crippen MR) is 58.4 cm³/mol. The Labute approximate surface area is 91.0 Å². The Bertz CT molecular complexity index is 533. The molecular weight excluding hydrogens is 216 g/mol. The lowest BCUT2D eigenvalue weighted by Crippen LogP contribution is -2.10. The average molecular weight is 225 g/mol. The number of carbonyl (C=O) groups excluding carboxylic acids is 1. The lowest BCUT2D eigenvalue weighted by molar-refractivity contribution is 0.0996. The molecule has 0 atom stereocenters. The highest BCUT2D eigenvalue weighted by atomic mass is 35.5. The van der Waals surface area contributed by atoms with Gasteiger partial charge in [0, 0.05) is 10.9 Å². The highest BCUT2D eigenvalue weighted by Crippen LogP contribution is 2.33. The summed E-state index contributed by atoms with van der Waals surface area (Å²) in [5.41, 5.74) is 6.27. The van der Waals surface area contributed by atoms with E-state index in [0.29, 0.717) is 16.5 Å². The van der Waals surface area contributed by atoms with Crippen LogP contribution in [0.1, 0.15) is 10.5 Å². The lowest BCUT2D eigenvalue weighted by Gasteiger charge is -2.03. The minimum atomic E-state index is -0.510. The van der Waals surface area contributed by atoms with Gasteiger partial charge in [-0.1, -0.05) is 11.6 Å². The summed E-state index contributed by atoms with van der Waals surface area (Å²) >= 11 is 5.94. The molecule has 15 heavy (non-hydrogen) atoms. The Morgan fingerprint density at radius 2 is 2.27 bits per heavy atom. The number of nitrogens with two attached hydrogens (primary N) is 1. The molecule has 2 aromatic rings. The van der Waals surface area contributed by atoms with Crippen LogP contribution in [0.3, 0.4) is 0 Å². The van der Waals surface area contributed by atoms with Crippen LogP contribution in [0.15, 0.2) is 18.2 Å². The van der Waals surface area contributed by atoms with Gasteiger partial charge in [0.1, 0.15) is 11.4 Å². The van der Waals surface area contributed by atoms with Gasteiger partial charge in [-0.25, -0.2) is 0 Å². The van der Waals surface area contributed by atoms with Gasteiger partial charge in [0.05, 0.1) is 12.1 Å². The Hall–Kier alpha value is -1.68. The van der Waals surface area contributed by atoms with Crippen LogP contribution >= 0.6 is 11.6 Å². The van der Waals surface area contributed by atoms with E-state index in [1.54, 1.807) is 18.2 Å². The van der Waals surface area contributed by atoms with Crippen molar-refractivity contribution in [1.82, 2.24) is 4.98 Å². The summed E-state index contributed by atoms with van der Waals surface area (Å²) in [6.45, 7) is 0. The minimum Gasteiger partial charge on any atom is -0.494 e. The molecule has 3 N–H and O–H groups in total. The Morgan fingerprint density at radius 3 is 2.87 bits per heavy atom. The molecule has 1 aromatic carbocycles. The van der Waals surface area contributed by atoms with Crippen LogP contribution in [0.5, 0.6) is 5.75 Å². The molecule has 0 radical (unpaired) electrons. The number of benzene rings is 1. The SMILES string of the molecule is COc1c(Cl)ccc2[nH]c(C(N)=O)cc12. The number of aromatic nitrogens is 1. The second-order valence-electron chi connectivity index (χ2n) is 3.09. The van der Waals surface area contributed by atoms with E-state index >= 15 is 0 Å². The number of nitrogens with one attached hydrogen (secondary N) is 1. The smallest absolute Gasteiger partial charge is 0.265 e. The van der Waals surface area contributed by atoms with Gasteiger partial charge in [0.25, 0.3) is 5.91 Å². The summed E-state index contributed by atoms with van der Waals surface area (Å²) in [5.74, 6) is 0.0299. The highest BCUT2D eigenvalue weighted by molar-refractivity contribution is 6.33.